The monoisotopic (exact) mass is 385 g/mol. The van der Waals surface area contributed by atoms with E-state index in [9.17, 15) is 4.79 Å². The molecule has 2 aromatic heterocycles. The molecule has 5 nitrogen and oxygen atoms in total. The second kappa shape index (κ2) is 6.98. The molecule has 0 amide bonds. The first-order valence-corrected chi connectivity index (χ1v) is 9.96. The lowest BCUT2D eigenvalue weighted by molar-refractivity contribution is -0.694. The van der Waals surface area contributed by atoms with Crippen molar-refractivity contribution in [3.05, 3.63) is 85.2 Å². The summed E-state index contributed by atoms with van der Waals surface area (Å²) >= 11 is 1.42. The Labute approximate surface area is 165 Å². The molecule has 0 saturated heterocycles. The van der Waals surface area contributed by atoms with Crippen molar-refractivity contribution in [1.82, 2.24) is 14.6 Å². The quantitative estimate of drug-likeness (QED) is 0.372. The lowest BCUT2D eigenvalue weighted by Crippen LogP contribution is -2.34. The first kappa shape index (κ1) is 16.8. The minimum absolute atomic E-state index is 0.0324. The number of hydrogen-bond donors (Lipinski definition) is 1. The zero-order valence-electron chi connectivity index (χ0n) is 14.9. The van der Waals surface area contributed by atoms with Gasteiger partial charge in [-0.3, -0.25) is 9.36 Å². The highest BCUT2D eigenvalue weighted by atomic mass is 32.2. The number of fused-ring (bicyclic) bond motifs is 3. The van der Waals surface area contributed by atoms with Crippen LogP contribution in [0.25, 0.3) is 27.5 Å². The van der Waals surface area contributed by atoms with Crippen LogP contribution in [0.2, 0.25) is 0 Å². The molecule has 1 N–H and O–H groups in total. The molecule has 0 unspecified atom stereocenters. The molecule has 5 aromatic rings. The van der Waals surface area contributed by atoms with Gasteiger partial charge >= 0.3 is 5.16 Å². The molecule has 0 radical (unpaired) electrons. The number of thioether (sulfide) groups is 1. The van der Waals surface area contributed by atoms with Gasteiger partial charge in [-0.15, -0.1) is 4.68 Å². The molecule has 0 fully saturated rings. The standard InChI is InChI=1S/C22H16N4OS/c27-21(14-28-22-23-15-24-26(22)16-8-2-1-3-9-16)25-19-12-6-4-10-17(19)18-11-5-7-13-20(18)25/h1-13,15H,14H2/p+1. The minimum atomic E-state index is 0.0324. The molecule has 0 bridgehead atoms. The first-order chi connectivity index (χ1) is 13.8. The van der Waals surface area contributed by atoms with E-state index in [1.807, 2.05) is 76.0 Å². The van der Waals surface area contributed by atoms with Crippen molar-refractivity contribution in [3.63, 3.8) is 0 Å². The molecule has 2 heterocycles. The van der Waals surface area contributed by atoms with Crippen molar-refractivity contribution in [1.29, 1.82) is 0 Å². The first-order valence-electron chi connectivity index (χ1n) is 8.98. The third-order valence-electron chi connectivity index (χ3n) is 4.72. The normalized spacial score (nSPS) is 11.3. The second-order valence-corrected chi connectivity index (χ2v) is 7.34. The predicted molar refractivity (Wildman–Crippen MR) is 111 cm³/mol. The smallest absolute Gasteiger partial charge is 0.279 e. The van der Waals surface area contributed by atoms with Crippen LogP contribution in [-0.4, -0.2) is 26.3 Å². The molecule has 0 saturated carbocycles. The fourth-order valence-corrected chi connectivity index (χ4v) is 4.30. The Morgan fingerprint density at radius 3 is 2.18 bits per heavy atom. The van der Waals surface area contributed by atoms with Crippen molar-refractivity contribution in [3.8, 4) is 5.69 Å². The lowest BCUT2D eigenvalue weighted by Gasteiger charge is -2.04. The highest BCUT2D eigenvalue weighted by molar-refractivity contribution is 7.99. The topological polar surface area (TPSA) is 54.6 Å². The number of carbonyl (C=O) groups is 1. The van der Waals surface area contributed by atoms with Gasteiger partial charge in [-0.2, -0.15) is 5.10 Å². The van der Waals surface area contributed by atoms with E-state index in [2.05, 4.69) is 22.2 Å². The third kappa shape index (κ3) is 2.78. The number of para-hydroxylation sites is 3. The molecule has 0 aliphatic carbocycles. The summed E-state index contributed by atoms with van der Waals surface area (Å²) in [6.07, 6.45) is 1.64. The van der Waals surface area contributed by atoms with E-state index in [-0.39, 0.29) is 5.91 Å². The zero-order valence-corrected chi connectivity index (χ0v) is 15.8. The largest absolute Gasteiger partial charge is 0.385 e. The Morgan fingerprint density at radius 2 is 1.50 bits per heavy atom. The summed E-state index contributed by atoms with van der Waals surface area (Å²) in [5, 5.41) is 6.04. The third-order valence-corrected chi connectivity index (χ3v) is 5.66. The molecule has 0 aliphatic heterocycles. The summed E-state index contributed by atoms with van der Waals surface area (Å²) in [6.45, 7) is 0. The molecule has 0 atom stereocenters. The van der Waals surface area contributed by atoms with Gasteiger partial charge in [0, 0.05) is 10.8 Å². The number of rotatable bonds is 4. The molecule has 5 rings (SSSR count). The maximum absolute atomic E-state index is 13.2. The maximum Gasteiger partial charge on any atom is 0.385 e. The van der Waals surface area contributed by atoms with Crippen molar-refractivity contribution in [2.75, 3.05) is 5.75 Å². The van der Waals surface area contributed by atoms with Gasteiger partial charge in [0.25, 0.3) is 0 Å². The van der Waals surface area contributed by atoms with Crippen LogP contribution in [-0.2, 0) is 0 Å². The minimum Gasteiger partial charge on any atom is -0.279 e. The number of benzene rings is 3. The Bertz CT molecular complexity index is 1240. The van der Waals surface area contributed by atoms with E-state index in [0.717, 1.165) is 32.6 Å². The molecule has 6 heteroatoms. The van der Waals surface area contributed by atoms with Gasteiger partial charge in [-0.1, -0.05) is 54.6 Å². The predicted octanol–water partition coefficient (Wildman–Crippen LogP) is 4.23. The number of nitrogens with one attached hydrogen (secondary N) is 1. The van der Waals surface area contributed by atoms with Gasteiger partial charge in [0.05, 0.1) is 16.8 Å². The maximum atomic E-state index is 13.2. The van der Waals surface area contributed by atoms with E-state index < -0.39 is 0 Å². The number of nitrogens with zero attached hydrogens (tertiary/aromatic N) is 3. The Morgan fingerprint density at radius 1 is 0.893 bits per heavy atom. The fraction of sp³-hybridized carbons (Fsp3) is 0.0455. The van der Waals surface area contributed by atoms with Crippen LogP contribution in [0.5, 0.6) is 0 Å². The van der Waals surface area contributed by atoms with E-state index in [0.29, 0.717) is 5.75 Å². The van der Waals surface area contributed by atoms with Gasteiger partial charge in [-0.25, -0.2) is 0 Å². The molecule has 0 spiro atoms. The van der Waals surface area contributed by atoms with Crippen LogP contribution in [0.1, 0.15) is 4.79 Å². The molecule has 3 aromatic carbocycles. The van der Waals surface area contributed by atoms with Gasteiger partial charge in [0.2, 0.25) is 12.2 Å². The van der Waals surface area contributed by atoms with Crippen LogP contribution in [0, 0.1) is 0 Å². The van der Waals surface area contributed by atoms with Gasteiger partial charge in [0.15, 0.2) is 5.69 Å². The Balaban J connectivity index is 1.48. The lowest BCUT2D eigenvalue weighted by atomic mass is 10.2. The molecule has 0 aliphatic rings. The number of aromatic amines is 1. The van der Waals surface area contributed by atoms with Crippen LogP contribution in [0.15, 0.2) is 90.3 Å². The molecular formula is C22H17N4OS+. The van der Waals surface area contributed by atoms with E-state index in [1.54, 1.807) is 6.33 Å². The summed E-state index contributed by atoms with van der Waals surface area (Å²) in [5.74, 6) is 0.324. The molecular weight excluding hydrogens is 368 g/mol. The average molecular weight is 385 g/mol. The van der Waals surface area contributed by atoms with Crippen molar-refractivity contribution in [2.24, 2.45) is 0 Å². The average Bonchev–Trinajstić information content (AvgIpc) is 3.35. The zero-order chi connectivity index (χ0) is 18.9. The van der Waals surface area contributed by atoms with Crippen LogP contribution >= 0.6 is 11.8 Å². The summed E-state index contributed by atoms with van der Waals surface area (Å²) in [4.78, 5) is 17.6. The number of carbonyl (C=O) groups excluding carboxylic acids is 1. The number of aromatic nitrogens is 4. The van der Waals surface area contributed by atoms with Gasteiger partial charge < -0.3 is 0 Å². The fourth-order valence-electron chi connectivity index (χ4n) is 3.50. The summed E-state index contributed by atoms with van der Waals surface area (Å²) in [7, 11) is 0. The van der Waals surface area contributed by atoms with Crippen LogP contribution in [0.3, 0.4) is 0 Å². The van der Waals surface area contributed by atoms with Gasteiger partial charge in [-0.05, 0) is 41.0 Å². The molecule has 28 heavy (non-hydrogen) atoms. The number of hydrogen-bond acceptors (Lipinski definition) is 3. The second-order valence-electron chi connectivity index (χ2n) is 6.39. The highest BCUT2D eigenvalue weighted by Gasteiger charge is 2.21. The number of H-pyrrole nitrogens is 1. The SMILES string of the molecule is O=C(CSc1nc[nH][n+]1-c1ccccc1)n1c2ccccc2c2ccccc21. The van der Waals surface area contributed by atoms with Crippen molar-refractivity contribution in [2.45, 2.75) is 5.16 Å². The Hall–Kier alpha value is -3.38. The van der Waals surface area contributed by atoms with E-state index >= 15 is 0 Å². The summed E-state index contributed by atoms with van der Waals surface area (Å²) in [5.41, 5.74) is 2.85. The van der Waals surface area contributed by atoms with Crippen LogP contribution in [0.4, 0.5) is 0 Å². The summed E-state index contributed by atoms with van der Waals surface area (Å²) < 4.78 is 3.70. The Kier molecular flexibility index (Phi) is 4.18. The van der Waals surface area contributed by atoms with E-state index in [1.165, 1.54) is 11.8 Å². The molecule has 136 valence electrons. The van der Waals surface area contributed by atoms with Crippen molar-refractivity contribution < 1.29 is 9.48 Å². The highest BCUT2D eigenvalue weighted by Crippen LogP contribution is 2.29. The van der Waals surface area contributed by atoms with Gasteiger partial charge in [0.1, 0.15) is 0 Å². The van der Waals surface area contributed by atoms with Crippen molar-refractivity contribution >= 4 is 39.5 Å². The van der Waals surface area contributed by atoms with Crippen LogP contribution < -0.4 is 4.68 Å². The summed E-state index contributed by atoms with van der Waals surface area (Å²) in [6, 6.07) is 26.0. The van der Waals surface area contributed by atoms with E-state index in [4.69, 9.17) is 0 Å².